The molecule has 2 nitrogen and oxygen atoms in total. The Kier molecular flexibility index (Phi) is 3.66. The average Bonchev–Trinajstić information content (AvgIpc) is 2.63. The number of oxazole rings is 1. The molecule has 0 aliphatic heterocycles. The van der Waals surface area contributed by atoms with E-state index in [1.54, 1.807) is 12.3 Å². The smallest absolute Gasteiger partial charge is 0.256 e. The molecule has 0 fully saturated rings. The first-order chi connectivity index (χ1) is 7.65. The van der Waals surface area contributed by atoms with Gasteiger partial charge in [0, 0.05) is 10.2 Å². The van der Waals surface area contributed by atoms with Gasteiger partial charge in [0.05, 0.1) is 5.69 Å². The van der Waals surface area contributed by atoms with Gasteiger partial charge < -0.3 is 4.42 Å². The molecule has 0 radical (unpaired) electrons. The lowest BCUT2D eigenvalue weighted by Crippen LogP contribution is -1.85. The average molecular weight is 302 g/mol. The number of thioether (sulfide) groups is 1. The van der Waals surface area contributed by atoms with E-state index in [1.165, 1.54) is 23.9 Å². The normalized spacial score (nSPS) is 10.7. The molecule has 0 atom stereocenters. The number of benzene rings is 1. The van der Waals surface area contributed by atoms with Crippen molar-refractivity contribution in [1.29, 1.82) is 0 Å². The van der Waals surface area contributed by atoms with Gasteiger partial charge in [-0.1, -0.05) is 33.8 Å². The molecule has 2 aromatic rings. The quantitative estimate of drug-likeness (QED) is 0.796. The highest BCUT2D eigenvalue weighted by Gasteiger charge is 2.05. The summed E-state index contributed by atoms with van der Waals surface area (Å²) in [5.74, 6) is 0.452. The molecule has 5 heteroatoms. The van der Waals surface area contributed by atoms with E-state index in [9.17, 15) is 4.39 Å². The van der Waals surface area contributed by atoms with E-state index in [0.717, 1.165) is 15.7 Å². The molecule has 1 aromatic heterocycles. The van der Waals surface area contributed by atoms with Crippen molar-refractivity contribution in [3.8, 4) is 0 Å². The molecular formula is C11H9BrFNOS. The van der Waals surface area contributed by atoms with Crippen LogP contribution in [0.25, 0.3) is 0 Å². The van der Waals surface area contributed by atoms with Crippen LogP contribution in [0.4, 0.5) is 4.39 Å². The second-order valence-electron chi connectivity index (χ2n) is 3.28. The van der Waals surface area contributed by atoms with Gasteiger partial charge in [-0.25, -0.2) is 9.37 Å². The highest BCUT2D eigenvalue weighted by molar-refractivity contribution is 9.10. The van der Waals surface area contributed by atoms with Gasteiger partial charge in [0.25, 0.3) is 5.22 Å². The first-order valence-corrected chi connectivity index (χ1v) is 6.42. The van der Waals surface area contributed by atoms with Crippen molar-refractivity contribution in [2.45, 2.75) is 17.9 Å². The van der Waals surface area contributed by atoms with Gasteiger partial charge >= 0.3 is 0 Å². The maximum atomic E-state index is 12.8. The minimum absolute atomic E-state index is 0.243. The summed E-state index contributed by atoms with van der Waals surface area (Å²) in [5, 5.41) is 0.633. The molecule has 84 valence electrons. The third-order valence-corrected chi connectivity index (χ3v) is 3.59. The third kappa shape index (κ3) is 2.86. The second kappa shape index (κ2) is 5.01. The van der Waals surface area contributed by atoms with E-state index in [1.807, 2.05) is 6.92 Å². The van der Waals surface area contributed by atoms with Crippen LogP contribution in [0.3, 0.4) is 0 Å². The van der Waals surface area contributed by atoms with Gasteiger partial charge in [0.15, 0.2) is 0 Å². The molecule has 0 saturated carbocycles. The van der Waals surface area contributed by atoms with E-state index in [2.05, 4.69) is 20.9 Å². The molecular weight excluding hydrogens is 293 g/mol. The minimum atomic E-state index is -0.243. The van der Waals surface area contributed by atoms with E-state index in [-0.39, 0.29) is 5.82 Å². The fraction of sp³-hybridized carbons (Fsp3) is 0.182. The number of aromatic nitrogens is 1. The lowest BCUT2D eigenvalue weighted by molar-refractivity contribution is 0.454. The van der Waals surface area contributed by atoms with Gasteiger partial charge in [-0.15, -0.1) is 0 Å². The Labute approximate surface area is 105 Å². The molecule has 0 N–H and O–H groups in total. The summed E-state index contributed by atoms with van der Waals surface area (Å²) < 4.78 is 18.8. The topological polar surface area (TPSA) is 26.0 Å². The van der Waals surface area contributed by atoms with E-state index < -0.39 is 0 Å². The van der Waals surface area contributed by atoms with Crippen molar-refractivity contribution in [3.05, 3.63) is 46.0 Å². The standard InChI is InChI=1S/C11H9BrFNOS/c1-7-5-15-11(14-7)16-6-8-2-3-9(13)4-10(8)12/h2-5H,6H2,1H3. The number of nitrogens with zero attached hydrogens (tertiary/aromatic N) is 1. The van der Waals surface area contributed by atoms with Crippen molar-refractivity contribution in [3.63, 3.8) is 0 Å². The monoisotopic (exact) mass is 301 g/mol. The summed E-state index contributed by atoms with van der Waals surface area (Å²) in [4.78, 5) is 4.18. The Morgan fingerprint density at radius 1 is 1.50 bits per heavy atom. The van der Waals surface area contributed by atoms with Crippen LogP contribution in [0.5, 0.6) is 0 Å². The van der Waals surface area contributed by atoms with Crippen molar-refractivity contribution in [2.75, 3.05) is 0 Å². The summed E-state index contributed by atoms with van der Waals surface area (Å²) in [6.07, 6.45) is 1.61. The third-order valence-electron chi connectivity index (χ3n) is 1.96. The molecule has 0 spiro atoms. The van der Waals surface area contributed by atoms with Crippen molar-refractivity contribution >= 4 is 27.7 Å². The van der Waals surface area contributed by atoms with Gasteiger partial charge in [0.1, 0.15) is 12.1 Å². The maximum Gasteiger partial charge on any atom is 0.256 e. The molecule has 0 unspecified atom stereocenters. The fourth-order valence-electron chi connectivity index (χ4n) is 1.18. The van der Waals surface area contributed by atoms with Crippen LogP contribution in [-0.2, 0) is 5.75 Å². The van der Waals surface area contributed by atoms with Crippen molar-refractivity contribution in [2.24, 2.45) is 0 Å². The van der Waals surface area contributed by atoms with Crippen molar-refractivity contribution in [1.82, 2.24) is 4.98 Å². The van der Waals surface area contributed by atoms with Crippen LogP contribution in [0, 0.1) is 12.7 Å². The Morgan fingerprint density at radius 2 is 2.31 bits per heavy atom. The lowest BCUT2D eigenvalue weighted by atomic mass is 10.2. The van der Waals surface area contributed by atoms with Crippen LogP contribution in [0.15, 0.2) is 38.6 Å². The van der Waals surface area contributed by atoms with Gasteiger partial charge in [-0.05, 0) is 24.6 Å². The van der Waals surface area contributed by atoms with Gasteiger partial charge in [-0.3, -0.25) is 0 Å². The molecule has 0 aliphatic rings. The zero-order valence-corrected chi connectivity index (χ0v) is 10.9. The zero-order valence-electron chi connectivity index (χ0n) is 8.54. The van der Waals surface area contributed by atoms with E-state index in [4.69, 9.17) is 4.42 Å². The first-order valence-electron chi connectivity index (χ1n) is 4.64. The van der Waals surface area contributed by atoms with E-state index >= 15 is 0 Å². The Bertz CT molecular complexity index is 500. The van der Waals surface area contributed by atoms with Crippen LogP contribution in [0.1, 0.15) is 11.3 Å². The largest absolute Gasteiger partial charge is 0.440 e. The predicted molar refractivity (Wildman–Crippen MR) is 64.9 cm³/mol. The van der Waals surface area contributed by atoms with Crippen LogP contribution in [-0.4, -0.2) is 4.98 Å². The number of halogens is 2. The van der Waals surface area contributed by atoms with Crippen LogP contribution >= 0.6 is 27.7 Å². The molecule has 0 saturated heterocycles. The number of hydrogen-bond acceptors (Lipinski definition) is 3. The second-order valence-corrected chi connectivity index (χ2v) is 5.06. The fourth-order valence-corrected chi connectivity index (χ4v) is 2.71. The first kappa shape index (κ1) is 11.7. The summed E-state index contributed by atoms with van der Waals surface area (Å²) >= 11 is 4.81. The Balaban J connectivity index is 2.04. The van der Waals surface area contributed by atoms with Crippen LogP contribution in [0.2, 0.25) is 0 Å². The van der Waals surface area contributed by atoms with E-state index in [0.29, 0.717) is 11.0 Å². The highest BCUT2D eigenvalue weighted by atomic mass is 79.9. The number of rotatable bonds is 3. The Hall–Kier alpha value is -0.810. The number of hydrogen-bond donors (Lipinski definition) is 0. The Morgan fingerprint density at radius 3 is 2.94 bits per heavy atom. The van der Waals surface area contributed by atoms with Crippen LogP contribution < -0.4 is 0 Å². The maximum absolute atomic E-state index is 12.8. The summed E-state index contributed by atoms with van der Waals surface area (Å²) in [6, 6.07) is 4.65. The zero-order chi connectivity index (χ0) is 11.5. The molecule has 1 aromatic carbocycles. The van der Waals surface area contributed by atoms with Crippen molar-refractivity contribution < 1.29 is 8.81 Å². The molecule has 0 bridgehead atoms. The summed E-state index contributed by atoms with van der Waals surface area (Å²) in [5.41, 5.74) is 1.88. The highest BCUT2D eigenvalue weighted by Crippen LogP contribution is 2.26. The molecule has 0 aliphatic carbocycles. The SMILES string of the molecule is Cc1coc(SCc2ccc(F)cc2Br)n1. The minimum Gasteiger partial charge on any atom is -0.440 e. The molecule has 0 amide bonds. The summed E-state index contributed by atoms with van der Waals surface area (Å²) in [6.45, 7) is 1.88. The van der Waals surface area contributed by atoms with Gasteiger partial charge in [-0.2, -0.15) is 0 Å². The molecule has 1 heterocycles. The number of aryl methyl sites for hydroxylation is 1. The molecule has 2 rings (SSSR count). The summed E-state index contributed by atoms with van der Waals surface area (Å²) in [7, 11) is 0. The lowest BCUT2D eigenvalue weighted by Gasteiger charge is -2.01. The predicted octanol–water partition coefficient (Wildman–Crippen LogP) is 4.18. The molecule has 16 heavy (non-hydrogen) atoms. The van der Waals surface area contributed by atoms with Gasteiger partial charge in [0.2, 0.25) is 0 Å².